The van der Waals surface area contributed by atoms with E-state index in [1.54, 1.807) is 11.3 Å². The van der Waals surface area contributed by atoms with Gasteiger partial charge in [-0.25, -0.2) is 4.98 Å². The number of amides is 1. The van der Waals surface area contributed by atoms with Crippen molar-refractivity contribution in [2.45, 2.75) is 40.2 Å². The molecule has 2 rings (SSSR count). The second-order valence-electron chi connectivity index (χ2n) is 6.84. The quantitative estimate of drug-likeness (QED) is 0.858. The maximum absolute atomic E-state index is 12.8. The Morgan fingerprint density at radius 2 is 2.10 bits per heavy atom. The van der Waals surface area contributed by atoms with Gasteiger partial charge in [0.25, 0.3) is 5.91 Å². The number of aryl methyl sites for hydroxylation is 1. The van der Waals surface area contributed by atoms with Gasteiger partial charge in [0.15, 0.2) is 0 Å². The molecule has 21 heavy (non-hydrogen) atoms. The molecule has 0 spiro atoms. The Balaban J connectivity index is 2.12. The van der Waals surface area contributed by atoms with Crippen LogP contribution in [0.1, 0.15) is 41.1 Å². The smallest absolute Gasteiger partial charge is 0.265 e. The van der Waals surface area contributed by atoms with Gasteiger partial charge < -0.3 is 9.80 Å². The third-order valence-corrected chi connectivity index (χ3v) is 5.31. The Morgan fingerprint density at radius 1 is 1.43 bits per heavy atom. The summed E-state index contributed by atoms with van der Waals surface area (Å²) in [6.07, 6.45) is 0.954. The lowest BCUT2D eigenvalue weighted by Gasteiger charge is -2.22. The number of likely N-dealkylation sites (N-methyl/N-ethyl adjacent to an activating group) is 1. The molecular weight excluding hydrogens is 282 g/mol. The maximum atomic E-state index is 12.8. The second-order valence-corrected chi connectivity index (χ2v) is 7.92. The van der Waals surface area contributed by atoms with Crippen LogP contribution in [-0.2, 0) is 6.42 Å². The Hall–Kier alpha value is -0.940. The summed E-state index contributed by atoms with van der Waals surface area (Å²) >= 11 is 1.58. The Labute approximate surface area is 132 Å². The summed E-state index contributed by atoms with van der Waals surface area (Å²) in [5.41, 5.74) is 0.890. The molecule has 0 radical (unpaired) electrons. The molecule has 2 atom stereocenters. The standard InChI is InChI=1S/C16H27N3OS/c1-10(2)7-14-17-12(4)15(21-14)16(20)19-8-11(3)13(9-19)18(5)6/h10-11,13H,7-9H2,1-6H3. The SMILES string of the molecule is Cc1nc(CC(C)C)sc1C(=O)N1CC(C)C(N(C)C)C1. The van der Waals surface area contributed by atoms with Crippen LogP contribution in [-0.4, -0.2) is 53.9 Å². The van der Waals surface area contributed by atoms with Gasteiger partial charge in [0.2, 0.25) is 0 Å². The predicted octanol–water partition coefficient (Wildman–Crippen LogP) is 2.67. The molecule has 2 unspecified atom stereocenters. The summed E-state index contributed by atoms with van der Waals surface area (Å²) in [4.78, 5) is 22.4. The van der Waals surface area contributed by atoms with Crippen molar-refractivity contribution in [1.82, 2.24) is 14.8 Å². The van der Waals surface area contributed by atoms with Crippen molar-refractivity contribution in [2.24, 2.45) is 11.8 Å². The van der Waals surface area contributed by atoms with Crippen LogP contribution in [0.5, 0.6) is 0 Å². The monoisotopic (exact) mass is 309 g/mol. The summed E-state index contributed by atoms with van der Waals surface area (Å²) in [6, 6.07) is 0.456. The van der Waals surface area contributed by atoms with Crippen LogP contribution < -0.4 is 0 Å². The summed E-state index contributed by atoms with van der Waals surface area (Å²) in [7, 11) is 4.18. The highest BCUT2D eigenvalue weighted by molar-refractivity contribution is 7.13. The van der Waals surface area contributed by atoms with Crippen molar-refractivity contribution in [3.63, 3.8) is 0 Å². The zero-order valence-corrected chi connectivity index (χ0v) is 14.8. The predicted molar refractivity (Wildman–Crippen MR) is 87.9 cm³/mol. The van der Waals surface area contributed by atoms with Crippen LogP contribution in [0.25, 0.3) is 0 Å². The molecule has 1 amide bonds. The van der Waals surface area contributed by atoms with Crippen LogP contribution in [0.3, 0.4) is 0 Å². The number of carbonyl (C=O) groups excluding carboxylic acids is 1. The van der Waals surface area contributed by atoms with E-state index < -0.39 is 0 Å². The fourth-order valence-electron chi connectivity index (χ4n) is 3.02. The van der Waals surface area contributed by atoms with Crippen molar-refractivity contribution >= 4 is 17.2 Å². The highest BCUT2D eigenvalue weighted by atomic mass is 32.1. The molecule has 0 saturated carbocycles. The number of likely N-dealkylation sites (tertiary alicyclic amines) is 1. The lowest BCUT2D eigenvalue weighted by atomic mass is 10.1. The molecule has 0 bridgehead atoms. The summed E-state index contributed by atoms with van der Waals surface area (Å²) < 4.78 is 0. The van der Waals surface area contributed by atoms with E-state index in [-0.39, 0.29) is 5.91 Å². The Bertz CT molecular complexity index is 510. The molecule has 1 aromatic heterocycles. The highest BCUT2D eigenvalue weighted by Crippen LogP contribution is 2.26. The molecule has 1 aliphatic heterocycles. The third-order valence-electron chi connectivity index (χ3n) is 4.14. The van der Waals surface area contributed by atoms with Crippen molar-refractivity contribution in [2.75, 3.05) is 27.2 Å². The van der Waals surface area contributed by atoms with E-state index in [9.17, 15) is 4.79 Å². The van der Waals surface area contributed by atoms with E-state index in [4.69, 9.17) is 0 Å². The van der Waals surface area contributed by atoms with E-state index >= 15 is 0 Å². The van der Waals surface area contributed by atoms with Crippen molar-refractivity contribution in [3.05, 3.63) is 15.6 Å². The fraction of sp³-hybridized carbons (Fsp3) is 0.750. The Kier molecular flexibility index (Phi) is 5.04. The van der Waals surface area contributed by atoms with Gasteiger partial charge in [-0.15, -0.1) is 11.3 Å². The molecule has 1 aliphatic rings. The minimum atomic E-state index is 0.163. The molecule has 0 aromatic carbocycles. The first-order valence-electron chi connectivity index (χ1n) is 7.71. The lowest BCUT2D eigenvalue weighted by Crippen LogP contribution is -2.35. The first-order chi connectivity index (χ1) is 9.79. The zero-order chi connectivity index (χ0) is 15.7. The van der Waals surface area contributed by atoms with E-state index in [2.05, 4.69) is 44.8 Å². The van der Waals surface area contributed by atoms with E-state index in [0.717, 1.165) is 35.1 Å². The summed E-state index contributed by atoms with van der Waals surface area (Å²) in [5, 5.41) is 1.09. The number of aromatic nitrogens is 1. The average Bonchev–Trinajstić information content (AvgIpc) is 2.91. The second kappa shape index (κ2) is 6.44. The number of nitrogens with zero attached hydrogens (tertiary/aromatic N) is 3. The van der Waals surface area contributed by atoms with E-state index in [0.29, 0.717) is 17.9 Å². The summed E-state index contributed by atoms with van der Waals surface area (Å²) in [5.74, 6) is 1.26. The van der Waals surface area contributed by atoms with Crippen LogP contribution in [0.2, 0.25) is 0 Å². The number of thiazole rings is 1. The molecule has 118 valence electrons. The van der Waals surface area contributed by atoms with Gasteiger partial charge in [0.05, 0.1) is 10.7 Å². The average molecular weight is 309 g/mol. The molecule has 4 nitrogen and oxygen atoms in total. The fourth-order valence-corrected chi connectivity index (χ4v) is 4.26. The Morgan fingerprint density at radius 3 is 2.62 bits per heavy atom. The molecule has 0 N–H and O–H groups in total. The largest absolute Gasteiger partial charge is 0.336 e. The van der Waals surface area contributed by atoms with Crippen molar-refractivity contribution in [1.29, 1.82) is 0 Å². The molecule has 2 heterocycles. The molecule has 0 aliphatic carbocycles. The van der Waals surface area contributed by atoms with Crippen LogP contribution in [0.4, 0.5) is 0 Å². The van der Waals surface area contributed by atoms with E-state index in [1.165, 1.54) is 0 Å². The van der Waals surface area contributed by atoms with E-state index in [1.807, 2.05) is 11.8 Å². The molecule has 1 saturated heterocycles. The molecular formula is C16H27N3OS. The van der Waals surface area contributed by atoms with Crippen LogP contribution >= 0.6 is 11.3 Å². The first kappa shape index (κ1) is 16.4. The van der Waals surface area contributed by atoms with Gasteiger partial charge in [0.1, 0.15) is 4.88 Å². The lowest BCUT2D eigenvalue weighted by molar-refractivity contribution is 0.0785. The first-order valence-corrected chi connectivity index (χ1v) is 8.53. The van der Waals surface area contributed by atoms with Crippen molar-refractivity contribution in [3.8, 4) is 0 Å². The van der Waals surface area contributed by atoms with Crippen LogP contribution in [0, 0.1) is 18.8 Å². The number of hydrogen-bond donors (Lipinski definition) is 0. The van der Waals surface area contributed by atoms with Gasteiger partial charge in [-0.2, -0.15) is 0 Å². The van der Waals surface area contributed by atoms with Crippen molar-refractivity contribution < 1.29 is 4.79 Å². The van der Waals surface area contributed by atoms with Gasteiger partial charge >= 0.3 is 0 Å². The minimum Gasteiger partial charge on any atom is -0.336 e. The molecule has 5 heteroatoms. The van der Waals surface area contributed by atoms with Gasteiger partial charge in [-0.05, 0) is 32.9 Å². The third kappa shape index (κ3) is 3.64. The number of rotatable bonds is 4. The minimum absolute atomic E-state index is 0.163. The summed E-state index contributed by atoms with van der Waals surface area (Å²) in [6.45, 7) is 10.2. The topological polar surface area (TPSA) is 36.4 Å². The van der Waals surface area contributed by atoms with Gasteiger partial charge in [-0.1, -0.05) is 20.8 Å². The van der Waals surface area contributed by atoms with Gasteiger partial charge in [-0.3, -0.25) is 4.79 Å². The zero-order valence-electron chi connectivity index (χ0n) is 14.0. The number of carbonyl (C=O) groups is 1. The number of hydrogen-bond acceptors (Lipinski definition) is 4. The van der Waals surface area contributed by atoms with Crippen LogP contribution in [0.15, 0.2) is 0 Å². The molecule has 1 aromatic rings. The normalized spacial score (nSPS) is 22.6. The van der Waals surface area contributed by atoms with Gasteiger partial charge in [0, 0.05) is 25.6 Å². The highest BCUT2D eigenvalue weighted by Gasteiger charge is 2.35. The molecule has 1 fully saturated rings. The maximum Gasteiger partial charge on any atom is 0.265 e.